The van der Waals surface area contributed by atoms with Crippen molar-refractivity contribution < 1.29 is 28.5 Å². The maximum atomic E-state index is 12.1. The van der Waals surface area contributed by atoms with E-state index >= 15 is 0 Å². The zero-order valence-corrected chi connectivity index (χ0v) is 18.3. The van der Waals surface area contributed by atoms with Crippen molar-refractivity contribution in [3.05, 3.63) is 41.5 Å². The summed E-state index contributed by atoms with van der Waals surface area (Å²) in [6.45, 7) is 5.38. The average Bonchev–Trinajstić information content (AvgIpc) is 2.69. The molecule has 0 fully saturated rings. The Morgan fingerprint density at radius 3 is 1.87 bits per heavy atom. The minimum Gasteiger partial charge on any atom is -0.495 e. The first-order valence-electron chi connectivity index (χ1n) is 9.20. The lowest BCUT2D eigenvalue weighted by Gasteiger charge is -2.20. The molecule has 2 aromatic carbocycles. The van der Waals surface area contributed by atoms with Gasteiger partial charge in [-0.15, -0.1) is 0 Å². The summed E-state index contributed by atoms with van der Waals surface area (Å²) in [4.78, 5) is 12.1. The average molecular weight is 413 g/mol. The monoisotopic (exact) mass is 413 g/mol. The molecule has 1 amide bonds. The molecule has 0 atom stereocenters. The van der Waals surface area contributed by atoms with E-state index in [9.17, 15) is 4.79 Å². The van der Waals surface area contributed by atoms with Crippen LogP contribution in [0.2, 0.25) is 0 Å². The van der Waals surface area contributed by atoms with Crippen molar-refractivity contribution in [3.63, 3.8) is 0 Å². The predicted octanol–water partition coefficient (Wildman–Crippen LogP) is 4.47. The molecule has 0 aromatic heterocycles. The fourth-order valence-corrected chi connectivity index (χ4v) is 2.59. The van der Waals surface area contributed by atoms with Crippen LogP contribution in [0.4, 0.5) is 10.5 Å². The molecule has 7 heteroatoms. The number of hydrogen-bond acceptors (Lipinski definition) is 6. The summed E-state index contributed by atoms with van der Waals surface area (Å²) in [5.74, 6) is 8.16. The van der Waals surface area contributed by atoms with Gasteiger partial charge in [-0.25, -0.2) is 4.79 Å². The molecule has 30 heavy (non-hydrogen) atoms. The molecule has 160 valence electrons. The smallest absolute Gasteiger partial charge is 0.412 e. The molecule has 0 saturated carbocycles. The van der Waals surface area contributed by atoms with Crippen molar-refractivity contribution in [1.29, 1.82) is 0 Å². The zero-order valence-electron chi connectivity index (χ0n) is 18.3. The van der Waals surface area contributed by atoms with Crippen molar-refractivity contribution in [3.8, 4) is 34.8 Å². The standard InChI is InChI=1S/C23H27NO6/c1-23(2,3)30-22(25)24-17-12-15(10-11-18(17)26-4)8-9-16-13-19(27-5)21(29-7)20(14-16)28-6/h10-14H,1-7H3,(H,24,25). The van der Waals surface area contributed by atoms with Crippen LogP contribution < -0.4 is 24.3 Å². The first-order chi connectivity index (χ1) is 14.2. The fourth-order valence-electron chi connectivity index (χ4n) is 2.59. The maximum absolute atomic E-state index is 12.1. The second-order valence-electron chi connectivity index (χ2n) is 7.21. The van der Waals surface area contributed by atoms with Crippen LogP contribution in [0, 0.1) is 11.8 Å². The summed E-state index contributed by atoms with van der Waals surface area (Å²) in [6.07, 6.45) is -0.574. The Kier molecular flexibility index (Phi) is 7.43. The van der Waals surface area contributed by atoms with E-state index in [0.29, 0.717) is 39.8 Å². The highest BCUT2D eigenvalue weighted by Gasteiger charge is 2.17. The van der Waals surface area contributed by atoms with Crippen molar-refractivity contribution >= 4 is 11.8 Å². The molecule has 0 spiro atoms. The summed E-state index contributed by atoms with van der Waals surface area (Å²) in [5, 5.41) is 2.70. The first-order valence-corrected chi connectivity index (χ1v) is 9.20. The van der Waals surface area contributed by atoms with Gasteiger partial charge in [0.1, 0.15) is 11.4 Å². The molecule has 1 N–H and O–H groups in total. The Balaban J connectivity index is 2.35. The van der Waals surface area contributed by atoms with Gasteiger partial charge in [-0.3, -0.25) is 5.32 Å². The van der Waals surface area contributed by atoms with Crippen LogP contribution in [-0.2, 0) is 4.74 Å². The summed E-state index contributed by atoms with van der Waals surface area (Å²) in [6, 6.07) is 8.76. The minimum absolute atomic E-state index is 0.462. The zero-order chi connectivity index (χ0) is 22.3. The molecule has 2 rings (SSSR count). The fraction of sp³-hybridized carbons (Fsp3) is 0.348. The largest absolute Gasteiger partial charge is 0.495 e. The molecule has 0 aliphatic rings. The SMILES string of the molecule is COc1ccc(C#Cc2cc(OC)c(OC)c(OC)c2)cc1NC(=O)OC(C)(C)C. The van der Waals surface area contributed by atoms with Gasteiger partial charge >= 0.3 is 6.09 Å². The normalized spacial score (nSPS) is 10.4. The van der Waals surface area contributed by atoms with Gasteiger partial charge < -0.3 is 23.7 Å². The van der Waals surface area contributed by atoms with Gasteiger partial charge in [0.25, 0.3) is 0 Å². The van der Waals surface area contributed by atoms with Gasteiger partial charge in [0.05, 0.1) is 34.1 Å². The van der Waals surface area contributed by atoms with Crippen LogP contribution in [0.25, 0.3) is 0 Å². The third-order valence-electron chi connectivity index (χ3n) is 3.85. The van der Waals surface area contributed by atoms with Crippen LogP contribution >= 0.6 is 0 Å². The molecule has 0 saturated heterocycles. The highest BCUT2D eigenvalue weighted by Crippen LogP contribution is 2.38. The van der Waals surface area contributed by atoms with Crippen LogP contribution in [0.3, 0.4) is 0 Å². The van der Waals surface area contributed by atoms with Gasteiger partial charge in [0.2, 0.25) is 5.75 Å². The van der Waals surface area contributed by atoms with E-state index in [1.54, 1.807) is 72.4 Å². The van der Waals surface area contributed by atoms with E-state index in [1.807, 2.05) is 0 Å². The van der Waals surface area contributed by atoms with Gasteiger partial charge in [-0.1, -0.05) is 11.8 Å². The van der Waals surface area contributed by atoms with Crippen LogP contribution in [0.5, 0.6) is 23.0 Å². The number of carbonyl (C=O) groups excluding carboxylic acids is 1. The summed E-state index contributed by atoms with van der Waals surface area (Å²) in [7, 11) is 6.17. The molecule has 0 bridgehead atoms. The summed E-state index contributed by atoms with van der Waals surface area (Å²) < 4.78 is 26.6. The second-order valence-corrected chi connectivity index (χ2v) is 7.21. The number of ether oxygens (including phenoxy) is 5. The van der Waals surface area contributed by atoms with E-state index in [2.05, 4.69) is 17.2 Å². The van der Waals surface area contributed by atoms with E-state index in [-0.39, 0.29) is 0 Å². The third kappa shape index (κ3) is 5.98. The van der Waals surface area contributed by atoms with Crippen molar-refractivity contribution in [2.24, 2.45) is 0 Å². The predicted molar refractivity (Wildman–Crippen MR) is 115 cm³/mol. The Bertz CT molecular complexity index is 941. The number of nitrogens with one attached hydrogen (secondary N) is 1. The number of hydrogen-bond donors (Lipinski definition) is 1. The number of benzene rings is 2. The Hall–Kier alpha value is -3.53. The van der Waals surface area contributed by atoms with Gasteiger partial charge in [-0.05, 0) is 51.1 Å². The van der Waals surface area contributed by atoms with E-state index in [4.69, 9.17) is 23.7 Å². The van der Waals surface area contributed by atoms with Crippen molar-refractivity contribution in [2.45, 2.75) is 26.4 Å². The van der Waals surface area contributed by atoms with Crippen molar-refractivity contribution in [2.75, 3.05) is 33.8 Å². The lowest BCUT2D eigenvalue weighted by Crippen LogP contribution is -2.27. The molecule has 7 nitrogen and oxygen atoms in total. The number of carbonyl (C=O) groups is 1. The molecule has 2 aromatic rings. The highest BCUT2D eigenvalue weighted by atomic mass is 16.6. The first kappa shape index (κ1) is 22.8. The van der Waals surface area contributed by atoms with Crippen LogP contribution in [0.15, 0.2) is 30.3 Å². The Labute approximate surface area is 177 Å². The lowest BCUT2D eigenvalue weighted by atomic mass is 10.1. The Morgan fingerprint density at radius 2 is 1.37 bits per heavy atom. The number of anilines is 1. The molecular formula is C23H27NO6. The van der Waals surface area contributed by atoms with Gasteiger partial charge in [0, 0.05) is 11.1 Å². The van der Waals surface area contributed by atoms with E-state index in [1.165, 1.54) is 7.11 Å². The van der Waals surface area contributed by atoms with Crippen LogP contribution in [-0.4, -0.2) is 40.1 Å². The molecule has 0 aliphatic carbocycles. The molecule has 0 heterocycles. The van der Waals surface area contributed by atoms with E-state index in [0.717, 1.165) is 0 Å². The van der Waals surface area contributed by atoms with Crippen molar-refractivity contribution in [1.82, 2.24) is 0 Å². The molecule has 0 unspecified atom stereocenters. The lowest BCUT2D eigenvalue weighted by molar-refractivity contribution is 0.0635. The number of rotatable bonds is 5. The molecule has 0 radical (unpaired) electrons. The molecular weight excluding hydrogens is 386 g/mol. The van der Waals surface area contributed by atoms with E-state index < -0.39 is 11.7 Å². The Morgan fingerprint density at radius 1 is 0.800 bits per heavy atom. The number of methoxy groups -OCH3 is 4. The van der Waals surface area contributed by atoms with Crippen LogP contribution in [0.1, 0.15) is 31.9 Å². The van der Waals surface area contributed by atoms with Gasteiger partial charge in [0.15, 0.2) is 11.5 Å². The summed E-state index contributed by atoms with van der Waals surface area (Å²) in [5.41, 5.74) is 1.21. The number of amides is 1. The highest BCUT2D eigenvalue weighted by molar-refractivity contribution is 5.87. The second kappa shape index (κ2) is 9.79. The molecule has 0 aliphatic heterocycles. The maximum Gasteiger partial charge on any atom is 0.412 e. The quantitative estimate of drug-likeness (QED) is 0.729. The topological polar surface area (TPSA) is 75.3 Å². The summed E-state index contributed by atoms with van der Waals surface area (Å²) >= 11 is 0. The minimum atomic E-state index is -0.610. The van der Waals surface area contributed by atoms with Gasteiger partial charge in [-0.2, -0.15) is 0 Å². The third-order valence-corrected chi connectivity index (χ3v) is 3.85.